The van der Waals surface area contributed by atoms with Crippen molar-refractivity contribution in [3.05, 3.63) is 71.8 Å². The van der Waals surface area contributed by atoms with Crippen LogP contribution in [0.3, 0.4) is 0 Å². The molecule has 2 N–H and O–H groups in total. The summed E-state index contributed by atoms with van der Waals surface area (Å²) < 4.78 is 5.53. The van der Waals surface area contributed by atoms with Crippen molar-refractivity contribution in [3.63, 3.8) is 0 Å². The van der Waals surface area contributed by atoms with Crippen LogP contribution in [-0.4, -0.2) is 73.5 Å². The van der Waals surface area contributed by atoms with Gasteiger partial charge >= 0.3 is 12.0 Å². The molecule has 0 saturated carbocycles. The van der Waals surface area contributed by atoms with Gasteiger partial charge in [-0.2, -0.15) is 0 Å². The fraction of sp³-hybridized carbons (Fsp3) is 0.483. The Kier molecular flexibility index (Phi) is 11.4. The molecule has 1 aliphatic rings. The summed E-state index contributed by atoms with van der Waals surface area (Å²) in [5.74, 6) is -0.431. The van der Waals surface area contributed by atoms with Gasteiger partial charge < -0.3 is 25.2 Å². The first-order chi connectivity index (χ1) is 17.9. The molecule has 0 aromatic heterocycles. The van der Waals surface area contributed by atoms with E-state index in [1.165, 1.54) is 11.3 Å². The zero-order chi connectivity index (χ0) is 26.5. The number of ether oxygens (including phenoxy) is 1. The first-order valence-electron chi connectivity index (χ1n) is 13.2. The Morgan fingerprint density at radius 2 is 1.51 bits per heavy atom. The molecular weight excluding hydrogens is 468 g/mol. The number of nitrogens with zero attached hydrogens (tertiary/aromatic N) is 2. The molecule has 2 aromatic rings. The van der Waals surface area contributed by atoms with Gasteiger partial charge in [-0.25, -0.2) is 9.59 Å². The summed E-state index contributed by atoms with van der Waals surface area (Å²) in [6.45, 7) is 1.75. The molecule has 0 spiro atoms. The van der Waals surface area contributed by atoms with Crippen LogP contribution >= 0.6 is 0 Å². The highest BCUT2D eigenvalue weighted by molar-refractivity contribution is 5.84. The number of nitrogens with one attached hydrogen (secondary N) is 2. The van der Waals surface area contributed by atoms with E-state index in [9.17, 15) is 14.4 Å². The van der Waals surface area contributed by atoms with Crippen molar-refractivity contribution in [3.8, 4) is 0 Å². The minimum absolute atomic E-state index is 0.0575. The maximum atomic E-state index is 13.0. The van der Waals surface area contributed by atoms with Gasteiger partial charge in [0.25, 0.3) is 0 Å². The first-order valence-corrected chi connectivity index (χ1v) is 13.2. The van der Waals surface area contributed by atoms with Crippen LogP contribution in [0, 0.1) is 0 Å². The van der Waals surface area contributed by atoms with Gasteiger partial charge in [0, 0.05) is 33.6 Å². The van der Waals surface area contributed by atoms with Crippen molar-refractivity contribution in [1.29, 1.82) is 0 Å². The zero-order valence-corrected chi connectivity index (χ0v) is 22.0. The van der Waals surface area contributed by atoms with Crippen molar-refractivity contribution < 1.29 is 19.1 Å². The van der Waals surface area contributed by atoms with Crippen molar-refractivity contribution in [1.82, 2.24) is 20.4 Å². The van der Waals surface area contributed by atoms with Crippen LogP contribution in [0.15, 0.2) is 60.7 Å². The molecule has 1 saturated heterocycles. The summed E-state index contributed by atoms with van der Waals surface area (Å²) >= 11 is 0. The van der Waals surface area contributed by atoms with E-state index in [1.54, 1.807) is 19.0 Å². The summed E-state index contributed by atoms with van der Waals surface area (Å²) in [6, 6.07) is 17.6. The van der Waals surface area contributed by atoms with Crippen molar-refractivity contribution in [2.24, 2.45) is 0 Å². The second kappa shape index (κ2) is 15.0. The molecule has 8 nitrogen and oxygen atoms in total. The number of esters is 1. The minimum atomic E-state index is -0.834. The number of carbonyl (C=O) groups is 3. The SMILES string of the molecule is CN(CCN(C)C(=O)C1CCCCCCN1)C(=O)N[C@@H](Cc1ccccc1)C(=O)OCc1ccccc1. The summed E-state index contributed by atoms with van der Waals surface area (Å²) in [6.07, 6.45) is 5.66. The van der Waals surface area contributed by atoms with Gasteiger partial charge in [-0.3, -0.25) is 4.79 Å². The van der Waals surface area contributed by atoms with Crippen molar-refractivity contribution in [2.45, 2.75) is 57.2 Å². The van der Waals surface area contributed by atoms with E-state index >= 15 is 0 Å². The van der Waals surface area contributed by atoms with Gasteiger partial charge in [0.15, 0.2) is 0 Å². The molecule has 200 valence electrons. The van der Waals surface area contributed by atoms with E-state index in [-0.39, 0.29) is 24.6 Å². The number of hydrogen-bond acceptors (Lipinski definition) is 5. The average molecular weight is 509 g/mol. The molecule has 1 fully saturated rings. The molecule has 8 heteroatoms. The highest BCUT2D eigenvalue weighted by atomic mass is 16.5. The molecule has 0 radical (unpaired) electrons. The van der Waals surface area contributed by atoms with Crippen LogP contribution in [0.25, 0.3) is 0 Å². The van der Waals surface area contributed by atoms with E-state index < -0.39 is 12.0 Å². The number of rotatable bonds is 10. The van der Waals surface area contributed by atoms with Gasteiger partial charge in [0.2, 0.25) is 5.91 Å². The maximum absolute atomic E-state index is 13.0. The van der Waals surface area contributed by atoms with Gasteiger partial charge in [-0.1, -0.05) is 79.9 Å². The van der Waals surface area contributed by atoms with Crippen LogP contribution in [0.4, 0.5) is 4.79 Å². The van der Waals surface area contributed by atoms with Crippen LogP contribution in [0.1, 0.15) is 43.2 Å². The normalized spacial score (nSPS) is 16.5. The van der Waals surface area contributed by atoms with Crippen molar-refractivity contribution in [2.75, 3.05) is 33.7 Å². The Hall–Kier alpha value is -3.39. The largest absolute Gasteiger partial charge is 0.459 e. The summed E-state index contributed by atoms with van der Waals surface area (Å²) in [4.78, 5) is 42.0. The van der Waals surface area contributed by atoms with E-state index in [4.69, 9.17) is 4.74 Å². The number of urea groups is 1. The molecule has 2 atom stereocenters. The van der Waals surface area contributed by atoms with Crippen molar-refractivity contribution >= 4 is 17.9 Å². The monoisotopic (exact) mass is 508 g/mol. The third-order valence-electron chi connectivity index (χ3n) is 6.69. The number of likely N-dealkylation sites (N-methyl/N-ethyl adjacent to an activating group) is 2. The van der Waals surface area contributed by atoms with E-state index in [0.29, 0.717) is 19.5 Å². The molecule has 0 bridgehead atoms. The van der Waals surface area contributed by atoms with Crippen LogP contribution in [-0.2, 0) is 27.4 Å². The smallest absolute Gasteiger partial charge is 0.329 e. The number of amides is 3. The molecule has 1 unspecified atom stereocenters. The lowest BCUT2D eigenvalue weighted by atomic mass is 10.0. The van der Waals surface area contributed by atoms with Gasteiger partial charge in [0.05, 0.1) is 6.04 Å². The summed E-state index contributed by atoms with van der Waals surface area (Å²) in [5.41, 5.74) is 1.80. The predicted molar refractivity (Wildman–Crippen MR) is 144 cm³/mol. The quantitative estimate of drug-likeness (QED) is 0.481. The molecule has 37 heavy (non-hydrogen) atoms. The highest BCUT2D eigenvalue weighted by Gasteiger charge is 2.26. The second-order valence-electron chi connectivity index (χ2n) is 9.68. The Morgan fingerprint density at radius 1 is 0.892 bits per heavy atom. The molecule has 3 rings (SSSR count). The average Bonchev–Trinajstić information content (AvgIpc) is 2.90. The lowest BCUT2D eigenvalue weighted by molar-refractivity contribution is -0.147. The Bertz CT molecular complexity index is 978. The van der Waals surface area contributed by atoms with Crippen LogP contribution < -0.4 is 10.6 Å². The molecule has 1 aliphatic heterocycles. The van der Waals surface area contributed by atoms with Crippen LogP contribution in [0.5, 0.6) is 0 Å². The molecule has 0 aliphatic carbocycles. The van der Waals surface area contributed by atoms with Crippen LogP contribution in [0.2, 0.25) is 0 Å². The van der Waals surface area contributed by atoms with Gasteiger partial charge in [0.1, 0.15) is 12.6 Å². The third-order valence-corrected chi connectivity index (χ3v) is 6.69. The third kappa shape index (κ3) is 9.53. The lowest BCUT2D eigenvalue weighted by Gasteiger charge is -2.28. The molecule has 1 heterocycles. The topological polar surface area (TPSA) is 91.0 Å². The number of benzene rings is 2. The second-order valence-corrected chi connectivity index (χ2v) is 9.68. The van der Waals surface area contributed by atoms with E-state index in [0.717, 1.165) is 43.4 Å². The number of carbonyl (C=O) groups excluding carboxylic acids is 3. The standard InChI is InChI=1S/C29H40N4O4/c1-32(27(34)25-17-11-3-4-12-18-30-25)19-20-33(2)29(36)31-26(21-23-13-7-5-8-14-23)28(35)37-22-24-15-9-6-10-16-24/h5-10,13-16,25-26,30H,3-4,11-12,17-22H2,1-2H3,(H,31,36)/t25?,26-/m0/s1. The Balaban J connectivity index is 1.54. The first kappa shape index (κ1) is 28.2. The maximum Gasteiger partial charge on any atom is 0.329 e. The summed E-state index contributed by atoms with van der Waals surface area (Å²) in [7, 11) is 3.43. The Morgan fingerprint density at radius 3 is 2.22 bits per heavy atom. The molecule has 2 aromatic carbocycles. The fourth-order valence-electron chi connectivity index (χ4n) is 4.33. The zero-order valence-electron chi connectivity index (χ0n) is 22.0. The molecular formula is C29H40N4O4. The fourth-order valence-corrected chi connectivity index (χ4v) is 4.33. The number of hydrogen-bond donors (Lipinski definition) is 2. The predicted octanol–water partition coefficient (Wildman–Crippen LogP) is 3.36. The van der Waals surface area contributed by atoms with E-state index in [2.05, 4.69) is 10.6 Å². The van der Waals surface area contributed by atoms with Gasteiger partial charge in [-0.05, 0) is 30.5 Å². The lowest BCUT2D eigenvalue weighted by Crippen LogP contribution is -2.51. The highest BCUT2D eigenvalue weighted by Crippen LogP contribution is 2.12. The van der Waals surface area contributed by atoms with Gasteiger partial charge in [-0.15, -0.1) is 0 Å². The Labute approximate surface area is 220 Å². The van der Waals surface area contributed by atoms with E-state index in [1.807, 2.05) is 60.7 Å². The minimum Gasteiger partial charge on any atom is -0.459 e. The molecule has 3 amide bonds. The summed E-state index contributed by atoms with van der Waals surface area (Å²) in [5, 5.41) is 6.19.